The Kier molecular flexibility index (Phi) is 3.07. The van der Waals surface area contributed by atoms with E-state index in [-0.39, 0.29) is 11.7 Å². The van der Waals surface area contributed by atoms with Crippen molar-refractivity contribution in [3.63, 3.8) is 0 Å². The summed E-state index contributed by atoms with van der Waals surface area (Å²) in [6.07, 6.45) is 5.04. The monoisotopic (exact) mass is 242 g/mol. The first-order chi connectivity index (χ1) is 8.81. The second-order valence-corrected chi connectivity index (χ2v) is 5.36. The molecular formula is C15H18N2O. The zero-order valence-electron chi connectivity index (χ0n) is 10.5. The van der Waals surface area contributed by atoms with E-state index in [2.05, 4.69) is 11.4 Å². The molecule has 1 saturated carbocycles. The molecule has 0 amide bonds. The number of nitrogens with zero attached hydrogens (tertiary/aromatic N) is 1. The van der Waals surface area contributed by atoms with Gasteiger partial charge in [0.2, 0.25) is 0 Å². The first-order valence-electron chi connectivity index (χ1n) is 6.70. The van der Waals surface area contributed by atoms with Crippen molar-refractivity contribution in [2.24, 2.45) is 0 Å². The highest BCUT2D eigenvalue weighted by Crippen LogP contribution is 2.39. The fraction of sp³-hybridized carbons (Fsp3) is 0.533. The van der Waals surface area contributed by atoms with E-state index in [0.29, 0.717) is 5.56 Å². The number of nitriles is 1. The highest BCUT2D eigenvalue weighted by atomic mass is 16.5. The van der Waals surface area contributed by atoms with E-state index in [0.717, 1.165) is 13.1 Å². The Morgan fingerprint density at radius 2 is 1.94 bits per heavy atom. The first-order valence-corrected chi connectivity index (χ1v) is 6.70. The van der Waals surface area contributed by atoms with Gasteiger partial charge in [0, 0.05) is 13.1 Å². The van der Waals surface area contributed by atoms with Crippen molar-refractivity contribution in [1.82, 2.24) is 5.32 Å². The van der Waals surface area contributed by atoms with Gasteiger partial charge in [-0.2, -0.15) is 5.26 Å². The molecule has 1 aromatic rings. The molecule has 2 aliphatic rings. The maximum atomic E-state index is 8.81. The fourth-order valence-corrected chi connectivity index (χ4v) is 3.09. The summed E-state index contributed by atoms with van der Waals surface area (Å²) in [7, 11) is 0. The molecule has 0 radical (unpaired) electrons. The topological polar surface area (TPSA) is 45.0 Å². The van der Waals surface area contributed by atoms with Gasteiger partial charge in [-0.1, -0.05) is 25.0 Å². The quantitative estimate of drug-likeness (QED) is 0.823. The van der Waals surface area contributed by atoms with Crippen molar-refractivity contribution in [3.05, 3.63) is 35.4 Å². The van der Waals surface area contributed by atoms with Crippen molar-refractivity contribution in [2.75, 3.05) is 13.1 Å². The molecule has 1 aliphatic carbocycles. The molecule has 1 spiro atoms. The third-order valence-electron chi connectivity index (χ3n) is 4.10. The van der Waals surface area contributed by atoms with Crippen LogP contribution in [0.25, 0.3) is 0 Å². The van der Waals surface area contributed by atoms with Crippen LogP contribution in [0.1, 0.15) is 42.9 Å². The summed E-state index contributed by atoms with van der Waals surface area (Å²) in [6, 6.07) is 9.91. The van der Waals surface area contributed by atoms with Crippen LogP contribution in [0, 0.1) is 11.3 Å². The molecule has 1 aromatic carbocycles. The van der Waals surface area contributed by atoms with Gasteiger partial charge >= 0.3 is 0 Å². The summed E-state index contributed by atoms with van der Waals surface area (Å²) in [5.74, 6) is 0. The Morgan fingerprint density at radius 3 is 2.61 bits per heavy atom. The summed E-state index contributed by atoms with van der Waals surface area (Å²) in [6.45, 7) is 1.85. The summed E-state index contributed by atoms with van der Waals surface area (Å²) in [5, 5.41) is 12.3. The van der Waals surface area contributed by atoms with Gasteiger partial charge in [-0.3, -0.25) is 0 Å². The SMILES string of the molecule is N#Cc1ccc(C2CNCC3(CCCC3)O2)cc1. The van der Waals surface area contributed by atoms with E-state index in [1.54, 1.807) is 0 Å². The van der Waals surface area contributed by atoms with Crippen LogP contribution < -0.4 is 5.32 Å². The third-order valence-corrected chi connectivity index (χ3v) is 4.10. The van der Waals surface area contributed by atoms with Crippen LogP contribution in [0.2, 0.25) is 0 Å². The molecular weight excluding hydrogens is 224 g/mol. The van der Waals surface area contributed by atoms with Gasteiger partial charge in [-0.05, 0) is 30.5 Å². The van der Waals surface area contributed by atoms with E-state index in [1.165, 1.54) is 31.2 Å². The summed E-state index contributed by atoms with van der Waals surface area (Å²) in [5.41, 5.74) is 1.95. The molecule has 0 bridgehead atoms. The van der Waals surface area contributed by atoms with Gasteiger partial charge in [0.15, 0.2) is 0 Å². The number of ether oxygens (including phenoxy) is 1. The molecule has 1 unspecified atom stereocenters. The van der Waals surface area contributed by atoms with E-state index in [4.69, 9.17) is 10.00 Å². The Bertz CT molecular complexity index is 454. The average Bonchev–Trinajstić information content (AvgIpc) is 2.87. The molecule has 1 heterocycles. The van der Waals surface area contributed by atoms with Gasteiger partial charge in [-0.15, -0.1) is 0 Å². The second-order valence-electron chi connectivity index (χ2n) is 5.36. The van der Waals surface area contributed by atoms with Crippen molar-refractivity contribution in [1.29, 1.82) is 5.26 Å². The number of rotatable bonds is 1. The van der Waals surface area contributed by atoms with Crippen molar-refractivity contribution in [2.45, 2.75) is 37.4 Å². The first kappa shape index (κ1) is 11.7. The lowest BCUT2D eigenvalue weighted by Crippen LogP contribution is -2.49. The average molecular weight is 242 g/mol. The minimum atomic E-state index is 0.0663. The zero-order chi connectivity index (χ0) is 12.4. The van der Waals surface area contributed by atoms with E-state index >= 15 is 0 Å². The molecule has 0 aromatic heterocycles. The predicted molar refractivity (Wildman–Crippen MR) is 69.1 cm³/mol. The van der Waals surface area contributed by atoms with Crippen molar-refractivity contribution < 1.29 is 4.74 Å². The molecule has 2 fully saturated rings. The molecule has 3 heteroatoms. The lowest BCUT2D eigenvalue weighted by atomic mass is 9.97. The van der Waals surface area contributed by atoms with Gasteiger partial charge < -0.3 is 10.1 Å². The number of hydrogen-bond acceptors (Lipinski definition) is 3. The minimum Gasteiger partial charge on any atom is -0.364 e. The third kappa shape index (κ3) is 2.14. The maximum absolute atomic E-state index is 8.81. The smallest absolute Gasteiger partial charge is 0.0991 e. The number of benzene rings is 1. The van der Waals surface area contributed by atoms with E-state index < -0.39 is 0 Å². The van der Waals surface area contributed by atoms with Gasteiger partial charge in [-0.25, -0.2) is 0 Å². The van der Waals surface area contributed by atoms with E-state index in [9.17, 15) is 0 Å². The standard InChI is InChI=1S/C15H18N2O/c16-9-12-3-5-13(6-4-12)14-10-17-11-15(18-14)7-1-2-8-15/h3-6,14,17H,1-2,7-8,10-11H2. The number of nitrogens with one attached hydrogen (secondary N) is 1. The maximum Gasteiger partial charge on any atom is 0.0991 e. The molecule has 1 N–H and O–H groups in total. The van der Waals surface area contributed by atoms with Gasteiger partial charge in [0.1, 0.15) is 0 Å². The molecule has 3 rings (SSSR count). The molecule has 94 valence electrons. The fourth-order valence-electron chi connectivity index (χ4n) is 3.09. The van der Waals surface area contributed by atoms with Crippen LogP contribution in [0.4, 0.5) is 0 Å². The summed E-state index contributed by atoms with van der Waals surface area (Å²) < 4.78 is 6.35. The highest BCUT2D eigenvalue weighted by Gasteiger charge is 2.39. The largest absolute Gasteiger partial charge is 0.364 e. The molecule has 1 atom stereocenters. The zero-order valence-corrected chi connectivity index (χ0v) is 10.5. The van der Waals surface area contributed by atoms with Gasteiger partial charge in [0.05, 0.1) is 23.3 Å². The van der Waals surface area contributed by atoms with Crippen molar-refractivity contribution in [3.8, 4) is 6.07 Å². The molecule has 18 heavy (non-hydrogen) atoms. The summed E-state index contributed by atoms with van der Waals surface area (Å²) >= 11 is 0. The Morgan fingerprint density at radius 1 is 1.22 bits per heavy atom. The van der Waals surface area contributed by atoms with E-state index in [1.807, 2.05) is 24.3 Å². The lowest BCUT2D eigenvalue weighted by Gasteiger charge is -2.39. The van der Waals surface area contributed by atoms with Crippen LogP contribution in [0.15, 0.2) is 24.3 Å². The Labute approximate surface area is 108 Å². The van der Waals surface area contributed by atoms with Gasteiger partial charge in [0.25, 0.3) is 0 Å². The van der Waals surface area contributed by atoms with Crippen LogP contribution >= 0.6 is 0 Å². The minimum absolute atomic E-state index is 0.0663. The number of hydrogen-bond donors (Lipinski definition) is 1. The highest BCUT2D eigenvalue weighted by molar-refractivity contribution is 5.32. The van der Waals surface area contributed by atoms with Crippen molar-refractivity contribution >= 4 is 0 Å². The predicted octanol–water partition coefficient (Wildman–Crippen LogP) is 2.53. The normalized spacial score (nSPS) is 26.1. The summed E-state index contributed by atoms with van der Waals surface area (Å²) in [4.78, 5) is 0. The van der Waals surface area contributed by atoms with Crippen LogP contribution in [0.5, 0.6) is 0 Å². The lowest BCUT2D eigenvalue weighted by molar-refractivity contribution is -0.114. The van der Waals surface area contributed by atoms with Crippen LogP contribution in [-0.2, 0) is 4.74 Å². The Hall–Kier alpha value is -1.37. The van der Waals surface area contributed by atoms with Crippen LogP contribution in [-0.4, -0.2) is 18.7 Å². The molecule has 1 saturated heterocycles. The Balaban J connectivity index is 1.77. The van der Waals surface area contributed by atoms with Crippen LogP contribution in [0.3, 0.4) is 0 Å². The number of morpholine rings is 1. The molecule has 3 nitrogen and oxygen atoms in total. The molecule has 1 aliphatic heterocycles. The second kappa shape index (κ2) is 4.72.